The van der Waals surface area contributed by atoms with Crippen LogP contribution in [0, 0.1) is 0 Å². The van der Waals surface area contributed by atoms with E-state index < -0.39 is 24.3 Å². The van der Waals surface area contributed by atoms with Gasteiger partial charge < -0.3 is 20.1 Å². The van der Waals surface area contributed by atoms with Gasteiger partial charge in [0.05, 0.1) is 12.7 Å². The minimum atomic E-state index is -1.21. The minimum absolute atomic E-state index is 0.0984. The molecule has 1 aliphatic rings. The number of hydrogen-bond acceptors (Lipinski definition) is 5. The Morgan fingerprint density at radius 3 is 2.64 bits per heavy atom. The molecule has 1 saturated carbocycles. The summed E-state index contributed by atoms with van der Waals surface area (Å²) in [6.07, 6.45) is -2.18. The van der Waals surface area contributed by atoms with E-state index in [4.69, 9.17) is 0 Å². The van der Waals surface area contributed by atoms with Crippen molar-refractivity contribution in [3.63, 3.8) is 0 Å². The predicted molar refractivity (Wildman–Crippen MR) is 47.4 cm³/mol. The fourth-order valence-electron chi connectivity index (χ4n) is 1.39. The maximum Gasteiger partial charge on any atom is 0.330 e. The molecule has 1 fully saturated rings. The molecule has 0 radical (unpaired) electrons. The van der Waals surface area contributed by atoms with Crippen LogP contribution >= 0.6 is 0 Å². The number of rotatable bonds is 2. The van der Waals surface area contributed by atoms with Crippen LogP contribution in [0.5, 0.6) is 0 Å². The standard InChI is InChI=1S/C9H14O5/c1-2-14-7(11)4-5-3-6(10)9(13)8(5)12/h4,6,8-10,12-13H,2-3H2,1H3/b5-4+/t6-,8-,9-/m0/s1. The van der Waals surface area contributed by atoms with Gasteiger partial charge in [-0.15, -0.1) is 0 Å². The lowest BCUT2D eigenvalue weighted by Gasteiger charge is -2.09. The van der Waals surface area contributed by atoms with E-state index in [1.807, 2.05) is 0 Å². The largest absolute Gasteiger partial charge is 0.463 e. The van der Waals surface area contributed by atoms with Crippen LogP contribution in [0.15, 0.2) is 11.6 Å². The molecule has 0 saturated heterocycles. The van der Waals surface area contributed by atoms with E-state index >= 15 is 0 Å². The summed E-state index contributed by atoms with van der Waals surface area (Å²) in [7, 11) is 0. The molecule has 0 aliphatic heterocycles. The number of aliphatic hydroxyl groups is 3. The number of carbonyl (C=O) groups excluding carboxylic acids is 1. The minimum Gasteiger partial charge on any atom is -0.463 e. The van der Waals surface area contributed by atoms with Crippen molar-refractivity contribution < 1.29 is 24.9 Å². The van der Waals surface area contributed by atoms with Gasteiger partial charge in [0.25, 0.3) is 0 Å². The zero-order valence-electron chi connectivity index (χ0n) is 7.88. The highest BCUT2D eigenvalue weighted by molar-refractivity contribution is 5.83. The second-order valence-corrected chi connectivity index (χ2v) is 3.18. The zero-order chi connectivity index (χ0) is 10.7. The Balaban J connectivity index is 2.65. The summed E-state index contributed by atoms with van der Waals surface area (Å²) in [5.74, 6) is -0.567. The molecular weight excluding hydrogens is 188 g/mol. The van der Waals surface area contributed by atoms with Gasteiger partial charge in [-0.05, 0) is 12.5 Å². The summed E-state index contributed by atoms with van der Waals surface area (Å²) < 4.78 is 4.63. The average molecular weight is 202 g/mol. The van der Waals surface area contributed by atoms with Crippen LogP contribution in [0.3, 0.4) is 0 Å². The van der Waals surface area contributed by atoms with Gasteiger partial charge >= 0.3 is 5.97 Å². The molecule has 80 valence electrons. The van der Waals surface area contributed by atoms with Crippen molar-refractivity contribution in [3.8, 4) is 0 Å². The topological polar surface area (TPSA) is 87.0 Å². The summed E-state index contributed by atoms with van der Waals surface area (Å²) in [5, 5.41) is 27.7. The van der Waals surface area contributed by atoms with Crippen LogP contribution in [0.2, 0.25) is 0 Å². The van der Waals surface area contributed by atoms with Crippen LogP contribution in [-0.4, -0.2) is 46.2 Å². The molecule has 0 spiro atoms. The summed E-state index contributed by atoms with van der Waals surface area (Å²) >= 11 is 0. The van der Waals surface area contributed by atoms with Crippen LogP contribution in [0.25, 0.3) is 0 Å². The first-order valence-corrected chi connectivity index (χ1v) is 4.47. The van der Waals surface area contributed by atoms with E-state index in [1.165, 1.54) is 0 Å². The molecule has 0 aromatic carbocycles. The molecule has 1 aliphatic carbocycles. The molecule has 1 rings (SSSR count). The molecule has 5 nitrogen and oxygen atoms in total. The quantitative estimate of drug-likeness (QED) is 0.393. The summed E-state index contributed by atoms with van der Waals surface area (Å²) in [4.78, 5) is 11.0. The predicted octanol–water partition coefficient (Wildman–Crippen LogP) is -1.04. The molecule has 0 unspecified atom stereocenters. The third-order valence-corrected chi connectivity index (χ3v) is 2.13. The SMILES string of the molecule is CCOC(=O)/C=C1\C[C@H](O)[C@H](O)[C@H]1O. The lowest BCUT2D eigenvalue weighted by Crippen LogP contribution is -2.28. The third-order valence-electron chi connectivity index (χ3n) is 2.13. The van der Waals surface area contributed by atoms with Crippen molar-refractivity contribution in [3.05, 3.63) is 11.6 Å². The van der Waals surface area contributed by atoms with Gasteiger partial charge in [0.1, 0.15) is 12.2 Å². The van der Waals surface area contributed by atoms with E-state index in [-0.39, 0.29) is 13.0 Å². The van der Waals surface area contributed by atoms with Crippen molar-refractivity contribution in [2.24, 2.45) is 0 Å². The van der Waals surface area contributed by atoms with Gasteiger partial charge in [-0.3, -0.25) is 0 Å². The van der Waals surface area contributed by atoms with Crippen molar-refractivity contribution in [1.29, 1.82) is 0 Å². The lowest BCUT2D eigenvalue weighted by molar-refractivity contribution is -0.137. The van der Waals surface area contributed by atoms with Crippen LogP contribution in [0.1, 0.15) is 13.3 Å². The van der Waals surface area contributed by atoms with Gasteiger partial charge in [-0.25, -0.2) is 4.79 Å². The van der Waals surface area contributed by atoms with Gasteiger partial charge in [0, 0.05) is 12.5 Å². The Morgan fingerprint density at radius 2 is 2.21 bits per heavy atom. The molecule has 0 amide bonds. The molecule has 14 heavy (non-hydrogen) atoms. The first-order chi connectivity index (χ1) is 6.56. The second-order valence-electron chi connectivity index (χ2n) is 3.18. The molecule has 5 heteroatoms. The van der Waals surface area contributed by atoms with E-state index in [2.05, 4.69) is 4.74 Å². The monoisotopic (exact) mass is 202 g/mol. The fourth-order valence-corrected chi connectivity index (χ4v) is 1.39. The third kappa shape index (κ3) is 2.31. The van der Waals surface area contributed by atoms with Gasteiger partial charge in [0.15, 0.2) is 0 Å². The molecule has 0 bridgehead atoms. The lowest BCUT2D eigenvalue weighted by atomic mass is 10.2. The van der Waals surface area contributed by atoms with Crippen molar-refractivity contribution >= 4 is 5.97 Å². The van der Waals surface area contributed by atoms with Crippen molar-refractivity contribution in [1.82, 2.24) is 0 Å². The highest BCUT2D eigenvalue weighted by Gasteiger charge is 2.36. The van der Waals surface area contributed by atoms with Crippen LogP contribution in [-0.2, 0) is 9.53 Å². The molecule has 0 aromatic heterocycles. The van der Waals surface area contributed by atoms with E-state index in [0.717, 1.165) is 6.08 Å². The average Bonchev–Trinajstić information content (AvgIpc) is 2.34. The van der Waals surface area contributed by atoms with Gasteiger partial charge in [-0.2, -0.15) is 0 Å². The Hall–Kier alpha value is -0.910. The van der Waals surface area contributed by atoms with Gasteiger partial charge in [0.2, 0.25) is 0 Å². The Labute approximate surface area is 81.6 Å². The normalized spacial score (nSPS) is 34.9. The highest BCUT2D eigenvalue weighted by Crippen LogP contribution is 2.25. The second kappa shape index (κ2) is 4.54. The van der Waals surface area contributed by atoms with Crippen LogP contribution < -0.4 is 0 Å². The molecule has 3 atom stereocenters. The molecule has 0 heterocycles. The zero-order valence-corrected chi connectivity index (χ0v) is 7.88. The van der Waals surface area contributed by atoms with E-state index in [9.17, 15) is 20.1 Å². The fraction of sp³-hybridized carbons (Fsp3) is 0.667. The van der Waals surface area contributed by atoms with E-state index in [1.54, 1.807) is 6.92 Å². The molecular formula is C9H14O5. The number of aliphatic hydroxyl groups excluding tert-OH is 3. The first kappa shape index (κ1) is 11.2. The smallest absolute Gasteiger partial charge is 0.330 e. The number of esters is 1. The molecule has 3 N–H and O–H groups in total. The Bertz CT molecular complexity index is 248. The maximum atomic E-state index is 11.0. The number of carbonyl (C=O) groups is 1. The maximum absolute atomic E-state index is 11.0. The number of hydrogen-bond donors (Lipinski definition) is 3. The Morgan fingerprint density at radius 1 is 1.57 bits per heavy atom. The number of ether oxygens (including phenoxy) is 1. The Kier molecular flexibility index (Phi) is 3.62. The van der Waals surface area contributed by atoms with Gasteiger partial charge in [-0.1, -0.05) is 0 Å². The summed E-state index contributed by atoms with van der Waals surface area (Å²) in [5.41, 5.74) is 0.309. The highest BCUT2D eigenvalue weighted by atomic mass is 16.5. The summed E-state index contributed by atoms with van der Waals surface area (Å²) in [6.45, 7) is 1.93. The first-order valence-electron chi connectivity index (χ1n) is 4.47. The summed E-state index contributed by atoms with van der Waals surface area (Å²) in [6, 6.07) is 0. The van der Waals surface area contributed by atoms with E-state index in [0.29, 0.717) is 5.57 Å². The van der Waals surface area contributed by atoms with Crippen molar-refractivity contribution in [2.75, 3.05) is 6.61 Å². The van der Waals surface area contributed by atoms with Crippen molar-refractivity contribution in [2.45, 2.75) is 31.7 Å². The molecule has 0 aromatic rings. The van der Waals surface area contributed by atoms with Crippen LogP contribution in [0.4, 0.5) is 0 Å².